The summed E-state index contributed by atoms with van der Waals surface area (Å²) in [6.07, 6.45) is 0. The lowest BCUT2D eigenvalue weighted by molar-refractivity contribution is -0.133. The van der Waals surface area contributed by atoms with Crippen molar-refractivity contribution in [3.63, 3.8) is 0 Å². The molecule has 1 aromatic carbocycles. The van der Waals surface area contributed by atoms with E-state index in [4.69, 9.17) is 11.6 Å². The maximum absolute atomic E-state index is 11.7. The number of benzene rings is 1. The van der Waals surface area contributed by atoms with Gasteiger partial charge in [0, 0.05) is 5.69 Å². The van der Waals surface area contributed by atoms with Crippen LogP contribution in [0.5, 0.6) is 0 Å². The summed E-state index contributed by atoms with van der Waals surface area (Å²) in [5.74, 6) is -1.28. The molecule has 2 aromatic rings. The molecule has 0 radical (unpaired) electrons. The summed E-state index contributed by atoms with van der Waals surface area (Å²) < 4.78 is 0. The van der Waals surface area contributed by atoms with Crippen molar-refractivity contribution >= 4 is 34.9 Å². The Morgan fingerprint density at radius 2 is 1.70 bits per heavy atom. The molecule has 0 aliphatic carbocycles. The van der Waals surface area contributed by atoms with Gasteiger partial charge < -0.3 is 10.6 Å². The molecule has 0 aliphatic heterocycles. The van der Waals surface area contributed by atoms with E-state index in [-0.39, 0.29) is 0 Å². The molecule has 0 bridgehead atoms. The van der Waals surface area contributed by atoms with E-state index < -0.39 is 11.8 Å². The number of carbonyl (C=O) groups excluding carboxylic acids is 2. The van der Waals surface area contributed by atoms with E-state index in [0.717, 1.165) is 5.69 Å². The van der Waals surface area contributed by atoms with Crippen molar-refractivity contribution in [2.45, 2.75) is 6.92 Å². The van der Waals surface area contributed by atoms with Gasteiger partial charge in [-0.1, -0.05) is 29.8 Å². The molecule has 2 rings (SSSR count). The van der Waals surface area contributed by atoms with E-state index in [1.165, 1.54) is 0 Å². The van der Waals surface area contributed by atoms with E-state index in [2.05, 4.69) is 15.6 Å². The standard InChI is InChI=1S/C14H12ClN3O2/c1-9-5-4-8-12(16-9)18-14(20)13(19)17-11-7-3-2-6-10(11)15/h2-8H,1H3,(H,17,19)(H,16,18,20). The number of hydrogen-bond donors (Lipinski definition) is 2. The Labute approximate surface area is 121 Å². The van der Waals surface area contributed by atoms with Gasteiger partial charge in [0.2, 0.25) is 0 Å². The first-order chi connectivity index (χ1) is 9.56. The lowest BCUT2D eigenvalue weighted by atomic mass is 10.3. The van der Waals surface area contributed by atoms with Gasteiger partial charge in [-0.2, -0.15) is 0 Å². The van der Waals surface area contributed by atoms with Crippen LogP contribution in [0.4, 0.5) is 11.5 Å². The average Bonchev–Trinajstić information content (AvgIpc) is 2.41. The monoisotopic (exact) mass is 289 g/mol. The molecule has 6 heteroatoms. The predicted octanol–water partition coefficient (Wildman–Crippen LogP) is 2.62. The molecule has 20 heavy (non-hydrogen) atoms. The van der Waals surface area contributed by atoms with Crippen molar-refractivity contribution in [2.24, 2.45) is 0 Å². The fraction of sp³-hybridized carbons (Fsp3) is 0.0714. The molecule has 0 saturated carbocycles. The fourth-order valence-corrected chi connectivity index (χ4v) is 1.71. The third-order valence-electron chi connectivity index (χ3n) is 2.46. The van der Waals surface area contributed by atoms with Gasteiger partial charge in [0.25, 0.3) is 0 Å². The van der Waals surface area contributed by atoms with Gasteiger partial charge in [0.05, 0.1) is 10.7 Å². The van der Waals surface area contributed by atoms with Gasteiger partial charge in [-0.3, -0.25) is 9.59 Å². The topological polar surface area (TPSA) is 71.1 Å². The van der Waals surface area contributed by atoms with Gasteiger partial charge in [-0.05, 0) is 31.2 Å². The zero-order valence-electron chi connectivity index (χ0n) is 10.7. The SMILES string of the molecule is Cc1cccc(NC(=O)C(=O)Nc2ccccc2Cl)n1. The van der Waals surface area contributed by atoms with Crippen molar-refractivity contribution in [2.75, 3.05) is 10.6 Å². The van der Waals surface area contributed by atoms with Gasteiger partial charge >= 0.3 is 11.8 Å². The molecule has 0 spiro atoms. The van der Waals surface area contributed by atoms with E-state index in [9.17, 15) is 9.59 Å². The molecule has 0 saturated heterocycles. The average molecular weight is 290 g/mol. The molecular formula is C14H12ClN3O2. The highest BCUT2D eigenvalue weighted by molar-refractivity contribution is 6.44. The zero-order chi connectivity index (χ0) is 14.5. The summed E-state index contributed by atoms with van der Waals surface area (Å²) in [5.41, 5.74) is 1.13. The number of rotatable bonds is 2. The highest BCUT2D eigenvalue weighted by Crippen LogP contribution is 2.20. The van der Waals surface area contributed by atoms with Crippen LogP contribution >= 0.6 is 11.6 Å². The molecular weight excluding hydrogens is 278 g/mol. The Balaban J connectivity index is 2.03. The number of anilines is 2. The van der Waals surface area contributed by atoms with Gasteiger partial charge in [0.1, 0.15) is 5.82 Å². The van der Waals surface area contributed by atoms with Crippen LogP contribution in [0.1, 0.15) is 5.69 Å². The minimum atomic E-state index is -0.804. The van der Waals surface area contributed by atoms with Crippen LogP contribution in [0, 0.1) is 6.92 Å². The number of nitrogens with zero attached hydrogens (tertiary/aromatic N) is 1. The van der Waals surface area contributed by atoms with E-state index >= 15 is 0 Å². The van der Waals surface area contributed by atoms with E-state index in [1.807, 2.05) is 0 Å². The first-order valence-electron chi connectivity index (χ1n) is 5.87. The number of aryl methyl sites for hydroxylation is 1. The second kappa shape index (κ2) is 6.16. The molecule has 0 aliphatic rings. The zero-order valence-corrected chi connectivity index (χ0v) is 11.4. The Bertz CT molecular complexity index is 658. The number of para-hydroxylation sites is 1. The Kier molecular flexibility index (Phi) is 4.32. The third-order valence-corrected chi connectivity index (χ3v) is 2.79. The lowest BCUT2D eigenvalue weighted by Gasteiger charge is -2.07. The first-order valence-corrected chi connectivity index (χ1v) is 6.24. The first kappa shape index (κ1) is 14.0. The molecule has 0 unspecified atom stereocenters. The molecule has 102 valence electrons. The van der Waals surface area contributed by atoms with Crippen molar-refractivity contribution in [3.8, 4) is 0 Å². The van der Waals surface area contributed by atoms with Crippen LogP contribution in [-0.2, 0) is 9.59 Å². The van der Waals surface area contributed by atoms with Crippen LogP contribution in [0.25, 0.3) is 0 Å². The Hall–Kier alpha value is -2.40. The second-order valence-corrected chi connectivity index (χ2v) is 4.46. The number of aromatic nitrogens is 1. The van der Waals surface area contributed by atoms with Gasteiger partial charge in [0.15, 0.2) is 0 Å². The maximum Gasteiger partial charge on any atom is 0.315 e. The molecule has 1 aromatic heterocycles. The van der Waals surface area contributed by atoms with Crippen LogP contribution in [-0.4, -0.2) is 16.8 Å². The Morgan fingerprint density at radius 3 is 2.40 bits per heavy atom. The molecule has 5 nitrogen and oxygen atoms in total. The summed E-state index contributed by atoms with van der Waals surface area (Å²) in [6.45, 7) is 1.79. The maximum atomic E-state index is 11.7. The minimum Gasteiger partial charge on any atom is -0.316 e. The van der Waals surface area contributed by atoms with Crippen molar-refractivity contribution in [3.05, 3.63) is 53.2 Å². The van der Waals surface area contributed by atoms with Crippen molar-refractivity contribution in [1.29, 1.82) is 0 Å². The number of pyridine rings is 1. The number of hydrogen-bond acceptors (Lipinski definition) is 3. The summed E-state index contributed by atoms with van der Waals surface area (Å²) in [5, 5.41) is 5.21. The number of amides is 2. The molecule has 0 fully saturated rings. The normalized spacial score (nSPS) is 9.90. The van der Waals surface area contributed by atoms with E-state index in [1.54, 1.807) is 49.4 Å². The number of nitrogens with one attached hydrogen (secondary N) is 2. The summed E-state index contributed by atoms with van der Waals surface area (Å²) in [6, 6.07) is 11.8. The lowest BCUT2D eigenvalue weighted by Crippen LogP contribution is -2.29. The summed E-state index contributed by atoms with van der Waals surface area (Å²) in [7, 11) is 0. The molecule has 2 N–H and O–H groups in total. The highest BCUT2D eigenvalue weighted by atomic mass is 35.5. The van der Waals surface area contributed by atoms with Gasteiger partial charge in [-0.15, -0.1) is 0 Å². The highest BCUT2D eigenvalue weighted by Gasteiger charge is 2.15. The van der Waals surface area contributed by atoms with E-state index in [0.29, 0.717) is 16.5 Å². The fourth-order valence-electron chi connectivity index (χ4n) is 1.53. The van der Waals surface area contributed by atoms with Gasteiger partial charge in [-0.25, -0.2) is 4.98 Å². The third kappa shape index (κ3) is 3.55. The summed E-state index contributed by atoms with van der Waals surface area (Å²) >= 11 is 5.90. The smallest absolute Gasteiger partial charge is 0.315 e. The molecule has 2 amide bonds. The number of carbonyl (C=O) groups is 2. The van der Waals surface area contributed by atoms with Crippen LogP contribution < -0.4 is 10.6 Å². The van der Waals surface area contributed by atoms with Crippen LogP contribution in [0.2, 0.25) is 5.02 Å². The molecule has 0 atom stereocenters. The molecule has 1 heterocycles. The number of halogens is 1. The predicted molar refractivity (Wildman–Crippen MR) is 77.7 cm³/mol. The van der Waals surface area contributed by atoms with Crippen molar-refractivity contribution in [1.82, 2.24) is 4.98 Å². The quantitative estimate of drug-likeness (QED) is 0.835. The van der Waals surface area contributed by atoms with Crippen LogP contribution in [0.15, 0.2) is 42.5 Å². The van der Waals surface area contributed by atoms with Crippen molar-refractivity contribution < 1.29 is 9.59 Å². The second-order valence-electron chi connectivity index (χ2n) is 4.05. The largest absolute Gasteiger partial charge is 0.316 e. The summed E-state index contributed by atoms with van der Waals surface area (Å²) in [4.78, 5) is 27.6. The van der Waals surface area contributed by atoms with Crippen LogP contribution in [0.3, 0.4) is 0 Å². The Morgan fingerprint density at radius 1 is 1.00 bits per heavy atom. The minimum absolute atomic E-state index is 0.323.